The van der Waals surface area contributed by atoms with Gasteiger partial charge < -0.3 is 0 Å². The average Bonchev–Trinajstić information content (AvgIpc) is 2.82. The molecule has 0 radical (unpaired) electrons. The molecular formula is C28H25NS. The van der Waals surface area contributed by atoms with E-state index in [-0.39, 0.29) is 0 Å². The maximum atomic E-state index is 5.01. The van der Waals surface area contributed by atoms with E-state index >= 15 is 0 Å². The predicted octanol–water partition coefficient (Wildman–Crippen LogP) is 7.89. The molecule has 2 aliphatic rings. The smallest absolute Gasteiger partial charge is 0.0779 e. The fourth-order valence-electron chi connectivity index (χ4n) is 4.31. The fraction of sp³-hybridized carbons (Fsp3) is 0.179. The quantitative estimate of drug-likeness (QED) is 0.428. The van der Waals surface area contributed by atoms with Crippen LogP contribution in [0.5, 0.6) is 0 Å². The highest BCUT2D eigenvalue weighted by molar-refractivity contribution is 8.04. The highest BCUT2D eigenvalue weighted by Gasteiger charge is 2.26. The number of fused-ring (bicyclic) bond motifs is 2. The lowest BCUT2D eigenvalue weighted by Crippen LogP contribution is -2.14. The van der Waals surface area contributed by atoms with Crippen molar-refractivity contribution in [3.63, 3.8) is 0 Å². The van der Waals surface area contributed by atoms with Crippen molar-refractivity contribution >= 4 is 23.2 Å². The summed E-state index contributed by atoms with van der Waals surface area (Å²) in [5.41, 5.74) is 6.26. The van der Waals surface area contributed by atoms with Gasteiger partial charge in [0.15, 0.2) is 0 Å². The second-order valence-corrected chi connectivity index (χ2v) is 9.15. The van der Waals surface area contributed by atoms with E-state index in [9.17, 15) is 0 Å². The van der Waals surface area contributed by atoms with E-state index in [4.69, 9.17) is 4.99 Å². The summed E-state index contributed by atoms with van der Waals surface area (Å²) >= 11 is 1.89. The molecule has 1 heterocycles. The molecule has 148 valence electrons. The van der Waals surface area contributed by atoms with Gasteiger partial charge in [-0.25, -0.2) is 4.99 Å². The molecule has 3 atom stereocenters. The van der Waals surface area contributed by atoms with Crippen LogP contribution in [0.1, 0.15) is 42.4 Å². The zero-order valence-corrected chi connectivity index (χ0v) is 18.1. The Labute approximate surface area is 183 Å². The van der Waals surface area contributed by atoms with E-state index < -0.39 is 0 Å². The summed E-state index contributed by atoms with van der Waals surface area (Å²) in [4.78, 5) is 7.59. The van der Waals surface area contributed by atoms with Crippen LogP contribution < -0.4 is 0 Å². The Morgan fingerprint density at radius 3 is 2.23 bits per heavy atom. The first-order valence-electron chi connectivity index (χ1n) is 10.6. The number of aliphatic imine (C=N–C) groups is 1. The van der Waals surface area contributed by atoms with Gasteiger partial charge in [0.2, 0.25) is 0 Å². The highest BCUT2D eigenvalue weighted by Crippen LogP contribution is 2.47. The second-order valence-electron chi connectivity index (χ2n) is 8.09. The largest absolute Gasteiger partial charge is 0.247 e. The zero-order chi connectivity index (χ0) is 20.5. The molecule has 3 aromatic carbocycles. The average molecular weight is 408 g/mol. The Morgan fingerprint density at radius 2 is 1.50 bits per heavy atom. The molecule has 5 rings (SSSR count). The van der Waals surface area contributed by atoms with Crippen LogP contribution in [-0.2, 0) is 0 Å². The van der Waals surface area contributed by atoms with Gasteiger partial charge in [-0.1, -0.05) is 111 Å². The summed E-state index contributed by atoms with van der Waals surface area (Å²) in [6, 6.07) is 28.1. The van der Waals surface area contributed by atoms with Gasteiger partial charge in [0.05, 0.1) is 11.4 Å². The van der Waals surface area contributed by atoms with Gasteiger partial charge in [-0.05, 0) is 34.8 Å². The molecule has 0 aromatic heterocycles. The third-order valence-corrected chi connectivity index (χ3v) is 7.43. The molecule has 0 N–H and O–H groups in total. The minimum atomic E-state index is 0.337. The van der Waals surface area contributed by atoms with Crippen LogP contribution in [0.3, 0.4) is 0 Å². The summed E-state index contributed by atoms with van der Waals surface area (Å²) in [5, 5.41) is 0. The molecule has 0 saturated carbocycles. The van der Waals surface area contributed by atoms with Gasteiger partial charge in [0.25, 0.3) is 0 Å². The Morgan fingerprint density at radius 1 is 0.800 bits per heavy atom. The van der Waals surface area contributed by atoms with Crippen LogP contribution in [0, 0.1) is 5.92 Å². The SMILES string of the molecule is CC(c1ccccc1)c1cccc2c1SC1=CC(C(C)c3ccccc3)C=CC1=N2. The van der Waals surface area contributed by atoms with E-state index in [1.54, 1.807) is 0 Å². The van der Waals surface area contributed by atoms with E-state index in [2.05, 4.69) is 111 Å². The summed E-state index contributed by atoms with van der Waals surface area (Å²) in [6.07, 6.45) is 6.93. The maximum absolute atomic E-state index is 5.01. The zero-order valence-electron chi connectivity index (χ0n) is 17.3. The van der Waals surface area contributed by atoms with Gasteiger partial charge in [-0.15, -0.1) is 0 Å². The van der Waals surface area contributed by atoms with E-state index in [0.717, 1.165) is 11.4 Å². The van der Waals surface area contributed by atoms with Crippen molar-refractivity contribution in [3.8, 4) is 0 Å². The van der Waals surface area contributed by atoms with Crippen LogP contribution >= 0.6 is 11.8 Å². The lowest BCUT2D eigenvalue weighted by atomic mass is 9.85. The third-order valence-electron chi connectivity index (χ3n) is 6.22. The lowest BCUT2D eigenvalue weighted by molar-refractivity contribution is 0.645. The normalized spacial score (nSPS) is 19.2. The molecule has 1 nitrogen and oxygen atoms in total. The van der Waals surface area contributed by atoms with E-state index in [0.29, 0.717) is 17.8 Å². The first-order valence-corrected chi connectivity index (χ1v) is 11.4. The van der Waals surface area contributed by atoms with Crippen molar-refractivity contribution < 1.29 is 0 Å². The van der Waals surface area contributed by atoms with Gasteiger partial charge in [0.1, 0.15) is 0 Å². The number of rotatable bonds is 4. The molecule has 0 amide bonds. The van der Waals surface area contributed by atoms with Crippen LogP contribution in [0.15, 0.2) is 112 Å². The third kappa shape index (κ3) is 3.57. The molecule has 30 heavy (non-hydrogen) atoms. The van der Waals surface area contributed by atoms with Gasteiger partial charge in [0, 0.05) is 21.6 Å². The Bertz CT molecular complexity index is 1140. The maximum Gasteiger partial charge on any atom is 0.0779 e. The van der Waals surface area contributed by atoms with Crippen molar-refractivity contribution in [1.29, 1.82) is 0 Å². The molecule has 2 heteroatoms. The molecule has 0 spiro atoms. The van der Waals surface area contributed by atoms with Crippen molar-refractivity contribution in [2.45, 2.75) is 30.6 Å². The molecule has 0 saturated heterocycles. The number of benzene rings is 3. The van der Waals surface area contributed by atoms with E-state index in [1.165, 1.54) is 26.5 Å². The lowest BCUT2D eigenvalue weighted by Gasteiger charge is -2.27. The van der Waals surface area contributed by atoms with Crippen molar-refractivity contribution in [3.05, 3.63) is 119 Å². The number of hydrogen-bond acceptors (Lipinski definition) is 2. The number of allylic oxidation sites excluding steroid dienone is 4. The van der Waals surface area contributed by atoms with E-state index in [1.807, 2.05) is 11.8 Å². The van der Waals surface area contributed by atoms with Crippen LogP contribution in [0.25, 0.3) is 0 Å². The Kier molecular flexibility index (Phi) is 5.18. The monoisotopic (exact) mass is 407 g/mol. The van der Waals surface area contributed by atoms with Crippen LogP contribution in [0.4, 0.5) is 5.69 Å². The standard InChI is InChI=1S/C28H25NS/c1-19(21-10-5-3-6-11-21)23-16-17-25-27(18-23)30-28-24(14-9-15-26(28)29-25)20(2)22-12-7-4-8-13-22/h3-20,23H,1-2H3. The Balaban J connectivity index is 1.49. The molecule has 3 unspecified atom stereocenters. The molecule has 1 aliphatic carbocycles. The second kappa shape index (κ2) is 8.12. The van der Waals surface area contributed by atoms with Crippen molar-refractivity contribution in [1.82, 2.24) is 0 Å². The molecular weight excluding hydrogens is 382 g/mol. The summed E-state index contributed by atoms with van der Waals surface area (Å²) in [5.74, 6) is 1.16. The fourth-order valence-corrected chi connectivity index (χ4v) is 5.56. The minimum Gasteiger partial charge on any atom is -0.247 e. The number of nitrogens with zero attached hydrogens (tertiary/aromatic N) is 1. The van der Waals surface area contributed by atoms with Crippen LogP contribution in [-0.4, -0.2) is 5.71 Å². The summed E-state index contributed by atoms with van der Waals surface area (Å²) in [6.45, 7) is 4.61. The van der Waals surface area contributed by atoms with Crippen molar-refractivity contribution in [2.24, 2.45) is 10.9 Å². The minimum absolute atomic E-state index is 0.337. The van der Waals surface area contributed by atoms with Crippen molar-refractivity contribution in [2.75, 3.05) is 0 Å². The van der Waals surface area contributed by atoms with Gasteiger partial charge in [-0.2, -0.15) is 0 Å². The molecule has 3 aromatic rings. The summed E-state index contributed by atoms with van der Waals surface area (Å²) in [7, 11) is 0. The predicted molar refractivity (Wildman–Crippen MR) is 129 cm³/mol. The first-order chi connectivity index (χ1) is 14.7. The van der Waals surface area contributed by atoms with Gasteiger partial charge >= 0.3 is 0 Å². The van der Waals surface area contributed by atoms with Gasteiger partial charge in [-0.3, -0.25) is 0 Å². The Hall–Kier alpha value is -2.84. The summed E-state index contributed by atoms with van der Waals surface area (Å²) < 4.78 is 0. The molecule has 0 fully saturated rings. The topological polar surface area (TPSA) is 12.4 Å². The molecule has 0 bridgehead atoms. The van der Waals surface area contributed by atoms with Crippen LogP contribution in [0.2, 0.25) is 0 Å². The number of hydrogen-bond donors (Lipinski definition) is 0. The first kappa shape index (κ1) is 19.1. The highest BCUT2D eigenvalue weighted by atomic mass is 32.2. The molecule has 1 aliphatic heterocycles. The number of thioether (sulfide) groups is 1.